The van der Waals surface area contributed by atoms with Crippen LogP contribution in [-0.4, -0.2) is 28.8 Å². The zero-order valence-corrected chi connectivity index (χ0v) is 16.5. The van der Waals surface area contributed by atoms with Crippen LogP contribution < -0.4 is 0 Å². The van der Waals surface area contributed by atoms with E-state index in [1.807, 2.05) is 0 Å². The van der Waals surface area contributed by atoms with Crippen molar-refractivity contribution < 1.29 is 21.6 Å². The average molecular weight is 423 g/mol. The molecule has 0 aliphatic carbocycles. The van der Waals surface area contributed by atoms with Crippen LogP contribution in [0, 0.1) is 0 Å². The van der Waals surface area contributed by atoms with E-state index in [-0.39, 0.29) is 18.0 Å². The number of hydrogen-bond donors (Lipinski definition) is 0. The number of hydrogen-bond acceptors (Lipinski definition) is 3. The molecule has 3 aromatic rings. The maximum absolute atomic E-state index is 13.2. The van der Waals surface area contributed by atoms with Crippen LogP contribution in [0.5, 0.6) is 0 Å². The minimum Gasteiger partial charge on any atom is -0.353 e. The van der Waals surface area contributed by atoms with Crippen LogP contribution in [0.2, 0.25) is 0 Å². The number of alkyl halides is 3. The van der Waals surface area contributed by atoms with Crippen molar-refractivity contribution in [1.82, 2.24) is 13.9 Å². The number of benzene rings is 1. The van der Waals surface area contributed by atoms with E-state index < -0.39 is 21.8 Å². The molecule has 0 unspecified atom stereocenters. The Bertz CT molecular complexity index is 1060. The molecule has 0 radical (unpaired) electrons. The molecule has 0 amide bonds. The standard InChI is InChI=1S/C20H20F3N3O2S/c1-25-12-5-8-18(25)15-26(13-10-17-7-2-3-11-24-17)29(27,28)19-9-4-6-16(14-19)20(21,22)23/h2-9,11-12,14H,10,13,15H2,1H3. The minimum atomic E-state index is -4.62. The second kappa shape index (κ2) is 8.38. The zero-order valence-electron chi connectivity index (χ0n) is 15.7. The summed E-state index contributed by atoms with van der Waals surface area (Å²) in [5, 5.41) is 0. The molecule has 0 atom stereocenters. The van der Waals surface area contributed by atoms with Gasteiger partial charge in [-0.1, -0.05) is 12.1 Å². The van der Waals surface area contributed by atoms with E-state index in [1.165, 1.54) is 10.4 Å². The first-order valence-electron chi connectivity index (χ1n) is 8.85. The Hall–Kier alpha value is -2.65. The van der Waals surface area contributed by atoms with E-state index in [2.05, 4.69) is 4.98 Å². The quantitative estimate of drug-likeness (QED) is 0.580. The maximum atomic E-state index is 13.2. The lowest BCUT2D eigenvalue weighted by Crippen LogP contribution is -2.33. The molecule has 5 nitrogen and oxygen atoms in total. The van der Waals surface area contributed by atoms with Gasteiger partial charge in [0.25, 0.3) is 0 Å². The van der Waals surface area contributed by atoms with Crippen molar-refractivity contribution in [2.45, 2.75) is 24.0 Å². The summed E-state index contributed by atoms with van der Waals surface area (Å²) in [6, 6.07) is 12.7. The summed E-state index contributed by atoms with van der Waals surface area (Å²) >= 11 is 0. The number of aromatic nitrogens is 2. The van der Waals surface area contributed by atoms with Crippen molar-refractivity contribution in [2.24, 2.45) is 7.05 Å². The molecule has 1 aromatic carbocycles. The van der Waals surface area contributed by atoms with Gasteiger partial charge in [0.15, 0.2) is 0 Å². The third-order valence-corrected chi connectivity index (χ3v) is 6.37. The summed E-state index contributed by atoms with van der Waals surface area (Å²) < 4.78 is 68.6. The van der Waals surface area contributed by atoms with Gasteiger partial charge in [0.1, 0.15) is 0 Å². The fraction of sp³-hybridized carbons (Fsp3) is 0.250. The zero-order chi connectivity index (χ0) is 21.1. The van der Waals surface area contributed by atoms with Gasteiger partial charge in [-0.3, -0.25) is 4.98 Å². The van der Waals surface area contributed by atoms with Crippen LogP contribution in [-0.2, 0) is 36.2 Å². The van der Waals surface area contributed by atoms with E-state index in [0.29, 0.717) is 18.2 Å². The van der Waals surface area contributed by atoms with Gasteiger partial charge < -0.3 is 4.57 Å². The second-order valence-electron chi connectivity index (χ2n) is 6.55. The molecule has 2 heterocycles. The van der Waals surface area contributed by atoms with Crippen LogP contribution in [0.1, 0.15) is 17.0 Å². The normalized spacial score (nSPS) is 12.4. The molecular weight excluding hydrogens is 403 g/mol. The van der Waals surface area contributed by atoms with Crippen LogP contribution in [0.25, 0.3) is 0 Å². The van der Waals surface area contributed by atoms with Crippen LogP contribution >= 0.6 is 0 Å². The number of nitrogens with zero attached hydrogens (tertiary/aromatic N) is 3. The molecule has 0 saturated carbocycles. The van der Waals surface area contributed by atoms with Crippen LogP contribution in [0.15, 0.2) is 71.9 Å². The molecule has 0 bridgehead atoms. The number of aryl methyl sites for hydroxylation is 1. The van der Waals surface area contributed by atoms with Crippen molar-refractivity contribution in [3.63, 3.8) is 0 Å². The highest BCUT2D eigenvalue weighted by atomic mass is 32.2. The minimum absolute atomic E-state index is 0.0366. The second-order valence-corrected chi connectivity index (χ2v) is 8.48. The smallest absolute Gasteiger partial charge is 0.353 e. The summed E-state index contributed by atoms with van der Waals surface area (Å²) in [6.07, 6.45) is -0.896. The Kier molecular flexibility index (Phi) is 6.09. The molecule has 0 spiro atoms. The molecule has 0 N–H and O–H groups in total. The van der Waals surface area contributed by atoms with E-state index >= 15 is 0 Å². The van der Waals surface area contributed by atoms with E-state index in [0.717, 1.165) is 17.8 Å². The first-order valence-corrected chi connectivity index (χ1v) is 10.3. The predicted molar refractivity (Wildman–Crippen MR) is 102 cm³/mol. The fourth-order valence-corrected chi connectivity index (χ4v) is 4.35. The highest BCUT2D eigenvalue weighted by Crippen LogP contribution is 2.31. The van der Waals surface area contributed by atoms with E-state index in [1.54, 1.807) is 54.3 Å². The predicted octanol–water partition coefficient (Wildman–Crippen LogP) is 3.87. The van der Waals surface area contributed by atoms with Crippen molar-refractivity contribution in [2.75, 3.05) is 6.54 Å². The Morgan fingerprint density at radius 1 is 1.07 bits per heavy atom. The van der Waals surface area contributed by atoms with Crippen molar-refractivity contribution >= 4 is 10.0 Å². The van der Waals surface area contributed by atoms with Gasteiger partial charge in [-0.05, 0) is 42.5 Å². The van der Waals surface area contributed by atoms with Crippen molar-refractivity contribution in [1.29, 1.82) is 0 Å². The fourth-order valence-electron chi connectivity index (χ4n) is 2.89. The first-order chi connectivity index (χ1) is 13.7. The third kappa shape index (κ3) is 5.04. The van der Waals surface area contributed by atoms with Gasteiger partial charge in [0.05, 0.1) is 17.0 Å². The molecule has 154 valence electrons. The van der Waals surface area contributed by atoms with Gasteiger partial charge in [0, 0.05) is 43.8 Å². The van der Waals surface area contributed by atoms with Gasteiger partial charge in [-0.25, -0.2) is 8.42 Å². The lowest BCUT2D eigenvalue weighted by atomic mass is 10.2. The first kappa shape index (κ1) is 21.1. The summed E-state index contributed by atoms with van der Waals surface area (Å²) in [5.74, 6) is 0. The molecule has 3 rings (SSSR count). The number of pyridine rings is 1. The van der Waals surface area contributed by atoms with Crippen molar-refractivity contribution in [3.8, 4) is 0 Å². The summed E-state index contributed by atoms with van der Waals surface area (Å²) in [6.45, 7) is 0.121. The van der Waals surface area contributed by atoms with Crippen LogP contribution in [0.4, 0.5) is 13.2 Å². The SMILES string of the molecule is Cn1cccc1CN(CCc1ccccn1)S(=O)(=O)c1cccc(C(F)(F)F)c1. The van der Waals surface area contributed by atoms with E-state index in [9.17, 15) is 21.6 Å². The number of sulfonamides is 1. The molecular formula is C20H20F3N3O2S. The topological polar surface area (TPSA) is 55.2 Å². The lowest BCUT2D eigenvalue weighted by molar-refractivity contribution is -0.137. The molecule has 2 aromatic heterocycles. The molecule has 29 heavy (non-hydrogen) atoms. The highest BCUT2D eigenvalue weighted by Gasteiger charge is 2.33. The Morgan fingerprint density at radius 2 is 1.86 bits per heavy atom. The Labute approximate surface area is 167 Å². The largest absolute Gasteiger partial charge is 0.416 e. The highest BCUT2D eigenvalue weighted by molar-refractivity contribution is 7.89. The molecule has 0 aliphatic heterocycles. The van der Waals surface area contributed by atoms with Gasteiger partial charge in [-0.15, -0.1) is 0 Å². The third-order valence-electron chi connectivity index (χ3n) is 4.53. The number of halogens is 3. The molecule has 0 fully saturated rings. The van der Waals surface area contributed by atoms with Crippen LogP contribution in [0.3, 0.4) is 0 Å². The Balaban J connectivity index is 1.94. The summed E-state index contributed by atoms with van der Waals surface area (Å²) in [5.41, 5.74) is 0.423. The lowest BCUT2D eigenvalue weighted by Gasteiger charge is -2.23. The van der Waals surface area contributed by atoms with Gasteiger partial charge >= 0.3 is 6.18 Å². The van der Waals surface area contributed by atoms with Crippen molar-refractivity contribution in [3.05, 3.63) is 83.9 Å². The Morgan fingerprint density at radius 3 is 2.48 bits per heavy atom. The molecule has 0 aliphatic rings. The molecule has 9 heteroatoms. The van der Waals surface area contributed by atoms with Gasteiger partial charge in [0.2, 0.25) is 10.0 Å². The summed E-state index contributed by atoms with van der Waals surface area (Å²) in [4.78, 5) is 3.80. The monoisotopic (exact) mass is 423 g/mol. The average Bonchev–Trinajstić information content (AvgIpc) is 3.10. The maximum Gasteiger partial charge on any atom is 0.416 e. The van der Waals surface area contributed by atoms with E-state index in [4.69, 9.17) is 0 Å². The van der Waals surface area contributed by atoms with Gasteiger partial charge in [-0.2, -0.15) is 17.5 Å². The molecule has 0 saturated heterocycles. The summed E-state index contributed by atoms with van der Waals surface area (Å²) in [7, 11) is -2.37. The number of rotatable bonds is 7.